The zero-order chi connectivity index (χ0) is 23.0. The topological polar surface area (TPSA) is 56.3 Å². The van der Waals surface area contributed by atoms with Gasteiger partial charge < -0.3 is 19.8 Å². The molecule has 0 amide bonds. The lowest BCUT2D eigenvalue weighted by atomic mass is 10.3. The van der Waals surface area contributed by atoms with Crippen molar-refractivity contribution in [2.45, 2.75) is 24.2 Å². The number of rotatable bonds is 12. The Labute approximate surface area is 209 Å². The van der Waals surface area contributed by atoms with Crippen LogP contribution in [0, 0.1) is 0 Å². The van der Waals surface area contributed by atoms with E-state index in [9.17, 15) is 0 Å². The van der Waals surface area contributed by atoms with Crippen LogP contribution in [0.5, 0.6) is 0 Å². The maximum absolute atomic E-state index is 4.83. The van der Waals surface area contributed by atoms with Gasteiger partial charge in [-0.15, -0.1) is 11.3 Å². The second kappa shape index (κ2) is 12.0. The van der Waals surface area contributed by atoms with Gasteiger partial charge in [-0.25, -0.2) is 9.97 Å². The molecule has 6 nitrogen and oxygen atoms in total. The molecule has 0 radical (unpaired) electrons. The monoisotopic (exact) mass is 500 g/mol. The molecule has 1 aliphatic carbocycles. The minimum absolute atomic E-state index is 0.833. The Morgan fingerprint density at radius 1 is 1.03 bits per heavy atom. The van der Waals surface area contributed by atoms with Crippen LogP contribution in [0.3, 0.4) is 0 Å². The number of hydrogen-bond acceptors (Lipinski definition) is 9. The first-order valence-electron chi connectivity index (χ1n) is 11.3. The molecule has 0 saturated heterocycles. The highest BCUT2D eigenvalue weighted by molar-refractivity contribution is 8.00. The Morgan fingerprint density at radius 3 is 2.61 bits per heavy atom. The minimum Gasteiger partial charge on any atom is -0.369 e. The molecule has 176 valence electrons. The van der Waals surface area contributed by atoms with Crippen molar-refractivity contribution in [2.24, 2.45) is 0 Å². The van der Waals surface area contributed by atoms with Gasteiger partial charge in [0.1, 0.15) is 11.6 Å². The van der Waals surface area contributed by atoms with Crippen LogP contribution in [0.25, 0.3) is 0 Å². The number of benzene rings is 1. The number of aromatic nitrogens is 2. The van der Waals surface area contributed by atoms with Crippen LogP contribution < -0.4 is 14.9 Å². The van der Waals surface area contributed by atoms with E-state index in [2.05, 4.69) is 82.7 Å². The summed E-state index contributed by atoms with van der Waals surface area (Å²) in [6.45, 7) is 2.78. The lowest BCUT2D eigenvalue weighted by Gasteiger charge is -2.25. The van der Waals surface area contributed by atoms with E-state index in [-0.39, 0.29) is 0 Å². The fourth-order valence-electron chi connectivity index (χ4n) is 3.59. The number of thiazole rings is 1. The number of hydrogen-bond donors (Lipinski definition) is 2. The molecule has 1 aliphatic rings. The lowest BCUT2D eigenvalue weighted by Crippen LogP contribution is -2.26. The van der Waals surface area contributed by atoms with E-state index in [1.54, 1.807) is 23.3 Å². The highest BCUT2D eigenvalue weighted by Gasteiger charge is 2.18. The third-order valence-corrected chi connectivity index (χ3v) is 8.00. The SMILES string of the molecule is CSCCNc1cc(SN(CCN(C)C)c2ccccc2)cc(Nc2nc3c(s2)CCC3)n1. The van der Waals surface area contributed by atoms with Gasteiger partial charge in [-0.2, -0.15) is 11.8 Å². The van der Waals surface area contributed by atoms with Gasteiger partial charge in [-0.1, -0.05) is 18.2 Å². The van der Waals surface area contributed by atoms with E-state index < -0.39 is 0 Å². The zero-order valence-electron chi connectivity index (χ0n) is 19.5. The predicted molar refractivity (Wildman–Crippen MR) is 147 cm³/mol. The summed E-state index contributed by atoms with van der Waals surface area (Å²) >= 11 is 5.34. The minimum atomic E-state index is 0.833. The van der Waals surface area contributed by atoms with Gasteiger partial charge in [-0.05, 0) is 75.8 Å². The number of nitrogens with zero attached hydrogens (tertiary/aromatic N) is 4. The Balaban J connectivity index is 1.57. The highest BCUT2D eigenvalue weighted by atomic mass is 32.2. The Hall–Kier alpha value is -1.94. The molecule has 0 saturated carbocycles. The average molecular weight is 501 g/mol. The molecule has 0 fully saturated rings. The number of thioether (sulfide) groups is 1. The third kappa shape index (κ3) is 7.02. The molecule has 0 spiro atoms. The molecule has 2 heterocycles. The van der Waals surface area contributed by atoms with Gasteiger partial charge in [0, 0.05) is 40.8 Å². The van der Waals surface area contributed by atoms with Gasteiger partial charge >= 0.3 is 0 Å². The number of anilines is 4. The summed E-state index contributed by atoms with van der Waals surface area (Å²) in [7, 11) is 4.23. The van der Waals surface area contributed by atoms with Crippen molar-refractivity contribution in [3.8, 4) is 0 Å². The summed E-state index contributed by atoms with van der Waals surface area (Å²) in [4.78, 5) is 14.4. The molecule has 0 unspecified atom stereocenters. The number of pyridine rings is 1. The second-order valence-corrected chi connectivity index (χ2v) is 11.4. The summed E-state index contributed by atoms with van der Waals surface area (Å²) in [5.74, 6) is 2.76. The van der Waals surface area contributed by atoms with Crippen LogP contribution in [0.15, 0.2) is 47.4 Å². The Bertz CT molecular complexity index is 1000. The highest BCUT2D eigenvalue weighted by Crippen LogP contribution is 2.34. The zero-order valence-corrected chi connectivity index (χ0v) is 22.0. The maximum Gasteiger partial charge on any atom is 0.188 e. The fourth-order valence-corrected chi connectivity index (χ4v) is 5.93. The molecule has 3 aromatic rings. The summed E-state index contributed by atoms with van der Waals surface area (Å²) in [6.07, 6.45) is 5.59. The van der Waals surface area contributed by atoms with Gasteiger partial charge in [0.25, 0.3) is 0 Å². The van der Waals surface area contributed by atoms with Crippen molar-refractivity contribution in [1.82, 2.24) is 14.9 Å². The number of aryl methyl sites for hydroxylation is 2. The largest absolute Gasteiger partial charge is 0.369 e. The molecule has 9 heteroatoms. The number of fused-ring (bicyclic) bond motifs is 1. The first-order chi connectivity index (χ1) is 16.1. The van der Waals surface area contributed by atoms with Crippen LogP contribution in [0.1, 0.15) is 17.0 Å². The summed E-state index contributed by atoms with van der Waals surface area (Å²) in [6, 6.07) is 14.8. The van der Waals surface area contributed by atoms with E-state index in [0.717, 1.165) is 59.9 Å². The quantitative estimate of drug-likeness (QED) is 0.245. The Morgan fingerprint density at radius 2 is 1.85 bits per heavy atom. The lowest BCUT2D eigenvalue weighted by molar-refractivity contribution is 0.421. The van der Waals surface area contributed by atoms with Crippen LogP contribution in [-0.4, -0.2) is 60.6 Å². The average Bonchev–Trinajstić information content (AvgIpc) is 3.39. The summed E-state index contributed by atoms with van der Waals surface area (Å²) in [5.41, 5.74) is 2.45. The van der Waals surface area contributed by atoms with Crippen molar-refractivity contribution >= 4 is 57.5 Å². The van der Waals surface area contributed by atoms with Crippen LogP contribution >= 0.6 is 35.0 Å². The van der Waals surface area contributed by atoms with Gasteiger partial charge in [0.2, 0.25) is 0 Å². The number of likely N-dealkylation sites (N-methyl/N-ethyl adjacent to an activating group) is 1. The summed E-state index contributed by atoms with van der Waals surface area (Å²) in [5, 5.41) is 7.91. The normalized spacial score (nSPS) is 12.7. The van der Waals surface area contributed by atoms with E-state index >= 15 is 0 Å². The smallest absolute Gasteiger partial charge is 0.188 e. The molecule has 0 bridgehead atoms. The molecule has 2 N–H and O–H groups in total. The molecule has 33 heavy (non-hydrogen) atoms. The molecule has 4 rings (SSSR count). The van der Waals surface area contributed by atoms with E-state index in [1.165, 1.54) is 22.7 Å². The number of para-hydroxylation sites is 1. The molecular weight excluding hydrogens is 469 g/mol. The fraction of sp³-hybridized carbons (Fsp3) is 0.417. The van der Waals surface area contributed by atoms with Crippen molar-refractivity contribution in [1.29, 1.82) is 0 Å². The van der Waals surface area contributed by atoms with Crippen molar-refractivity contribution in [3.63, 3.8) is 0 Å². The van der Waals surface area contributed by atoms with Gasteiger partial charge in [-0.3, -0.25) is 0 Å². The number of nitrogens with one attached hydrogen (secondary N) is 2. The Kier molecular flexibility index (Phi) is 8.77. The van der Waals surface area contributed by atoms with E-state index in [1.807, 2.05) is 11.8 Å². The second-order valence-electron chi connectivity index (χ2n) is 8.19. The van der Waals surface area contributed by atoms with Crippen molar-refractivity contribution < 1.29 is 0 Å². The van der Waals surface area contributed by atoms with Crippen molar-refractivity contribution in [3.05, 3.63) is 53.0 Å². The van der Waals surface area contributed by atoms with E-state index in [4.69, 9.17) is 9.97 Å². The standard InChI is InChI=1S/C24H32N6S3/c1-29(2)13-14-30(18-8-5-4-6-9-18)33-19-16-22(25-12-15-31-3)27-23(17-19)28-24-26-20-10-7-11-21(20)32-24/h4-6,8-9,16-17H,7,10-15H2,1-3H3,(H2,25,26,27,28). The molecule has 0 aliphatic heterocycles. The van der Waals surface area contributed by atoms with Gasteiger partial charge in [0.05, 0.1) is 5.69 Å². The predicted octanol–water partition coefficient (Wildman–Crippen LogP) is 5.62. The first-order valence-corrected chi connectivity index (χ1v) is 14.2. The maximum atomic E-state index is 4.83. The summed E-state index contributed by atoms with van der Waals surface area (Å²) < 4.78 is 2.35. The van der Waals surface area contributed by atoms with Crippen molar-refractivity contribution in [2.75, 3.05) is 60.7 Å². The molecule has 2 aromatic heterocycles. The molecular formula is C24H32N6S3. The molecule has 1 aromatic carbocycles. The van der Waals surface area contributed by atoms with Gasteiger partial charge in [0.15, 0.2) is 5.13 Å². The van der Waals surface area contributed by atoms with Crippen LogP contribution in [-0.2, 0) is 12.8 Å². The van der Waals surface area contributed by atoms with Crippen LogP contribution in [0.4, 0.5) is 22.5 Å². The molecule has 0 atom stereocenters. The van der Waals surface area contributed by atoms with Crippen LogP contribution in [0.2, 0.25) is 0 Å². The van der Waals surface area contributed by atoms with E-state index in [0.29, 0.717) is 0 Å². The third-order valence-electron chi connectivity index (χ3n) is 5.25. The first kappa shape index (κ1) is 24.2.